The highest BCUT2D eigenvalue weighted by Crippen LogP contribution is 2.26. The lowest BCUT2D eigenvalue weighted by Gasteiger charge is -2.09. The topological polar surface area (TPSA) is 115 Å². The number of nitrogens with one attached hydrogen (secondary N) is 2. The van der Waals surface area contributed by atoms with Crippen LogP contribution in [0.3, 0.4) is 0 Å². The highest BCUT2D eigenvalue weighted by atomic mass is 35.5. The zero-order valence-electron chi connectivity index (χ0n) is 15.1. The summed E-state index contributed by atoms with van der Waals surface area (Å²) in [6, 6.07) is 13.8. The number of nitrogens with zero attached hydrogens (tertiary/aromatic N) is 4. The van der Waals surface area contributed by atoms with E-state index < -0.39 is 4.92 Å². The number of amides is 1. The van der Waals surface area contributed by atoms with Gasteiger partial charge in [0.15, 0.2) is 0 Å². The van der Waals surface area contributed by atoms with Gasteiger partial charge in [-0.15, -0.1) is 5.10 Å². The smallest absolute Gasteiger partial charge is 0.271 e. The number of nitro groups is 1. The van der Waals surface area contributed by atoms with Crippen LogP contribution in [-0.2, 0) is 4.79 Å². The van der Waals surface area contributed by atoms with Crippen LogP contribution in [0.4, 0.5) is 11.4 Å². The lowest BCUT2D eigenvalue weighted by atomic mass is 10.3. The largest absolute Gasteiger partial charge is 0.382 e. The number of para-hydroxylation sites is 1. The van der Waals surface area contributed by atoms with Crippen LogP contribution in [0.1, 0.15) is 0 Å². The van der Waals surface area contributed by atoms with Gasteiger partial charge >= 0.3 is 0 Å². The molecule has 0 fully saturated rings. The summed E-state index contributed by atoms with van der Waals surface area (Å²) in [7, 11) is 0. The molecule has 0 aliphatic carbocycles. The molecule has 2 aromatic carbocycles. The van der Waals surface area contributed by atoms with Gasteiger partial charge in [0.05, 0.1) is 27.1 Å². The molecule has 0 aliphatic heterocycles. The first-order chi connectivity index (χ1) is 14.0. The molecule has 29 heavy (non-hydrogen) atoms. The van der Waals surface area contributed by atoms with Crippen molar-refractivity contribution in [3.05, 3.63) is 70.0 Å². The molecule has 0 radical (unpaired) electrons. The van der Waals surface area contributed by atoms with E-state index in [0.29, 0.717) is 23.9 Å². The summed E-state index contributed by atoms with van der Waals surface area (Å²) in [5.74, 6) is 0.0412. The van der Waals surface area contributed by atoms with Gasteiger partial charge < -0.3 is 10.6 Å². The number of carbonyl (C=O) groups excluding carboxylic acids is 1. The number of aromatic nitrogens is 3. The summed E-state index contributed by atoms with van der Waals surface area (Å²) in [4.78, 5) is 26.4. The Balaban J connectivity index is 1.39. The number of non-ortho nitro benzene ring substituents is 1. The molecule has 1 aromatic heterocycles. The van der Waals surface area contributed by atoms with Crippen LogP contribution in [0.5, 0.6) is 0 Å². The minimum absolute atomic E-state index is 0.0748. The second-order valence-corrected chi connectivity index (χ2v) is 7.14. The van der Waals surface area contributed by atoms with Gasteiger partial charge in [0.25, 0.3) is 5.69 Å². The van der Waals surface area contributed by atoms with E-state index in [1.807, 2.05) is 30.3 Å². The predicted molar refractivity (Wildman–Crippen MR) is 112 cm³/mol. The fourth-order valence-electron chi connectivity index (χ4n) is 2.36. The van der Waals surface area contributed by atoms with Gasteiger partial charge in [-0.3, -0.25) is 14.9 Å². The number of hydrogen-bond donors (Lipinski definition) is 2. The van der Waals surface area contributed by atoms with Gasteiger partial charge in [0, 0.05) is 25.2 Å². The average molecular weight is 433 g/mol. The number of carbonyl (C=O) groups is 1. The normalized spacial score (nSPS) is 10.5. The first-order valence-electron chi connectivity index (χ1n) is 8.57. The summed E-state index contributed by atoms with van der Waals surface area (Å²) in [6.45, 7) is 0.799. The van der Waals surface area contributed by atoms with Crippen molar-refractivity contribution < 1.29 is 9.72 Å². The Morgan fingerprint density at radius 1 is 1.21 bits per heavy atom. The van der Waals surface area contributed by atoms with Crippen LogP contribution >= 0.6 is 23.4 Å². The van der Waals surface area contributed by atoms with E-state index in [-0.39, 0.29) is 22.4 Å². The van der Waals surface area contributed by atoms with E-state index in [0.717, 1.165) is 5.69 Å². The minimum Gasteiger partial charge on any atom is -0.382 e. The average Bonchev–Trinajstić information content (AvgIpc) is 3.20. The Hall–Kier alpha value is -3.11. The van der Waals surface area contributed by atoms with Gasteiger partial charge in [0.1, 0.15) is 6.33 Å². The molecule has 0 saturated heterocycles. The summed E-state index contributed by atoms with van der Waals surface area (Å²) in [5, 5.41) is 21.6. The molecule has 0 unspecified atom stereocenters. The van der Waals surface area contributed by atoms with E-state index in [9.17, 15) is 14.9 Å². The molecule has 3 rings (SSSR count). The zero-order valence-corrected chi connectivity index (χ0v) is 16.7. The summed E-state index contributed by atoms with van der Waals surface area (Å²) >= 11 is 7.25. The molecule has 1 amide bonds. The third kappa shape index (κ3) is 5.93. The summed E-state index contributed by atoms with van der Waals surface area (Å²) in [6.07, 6.45) is 1.60. The number of thioether (sulfide) groups is 1. The van der Waals surface area contributed by atoms with Crippen LogP contribution < -0.4 is 10.6 Å². The Kier molecular flexibility index (Phi) is 7.04. The van der Waals surface area contributed by atoms with Gasteiger partial charge in [0.2, 0.25) is 11.1 Å². The molecule has 0 spiro atoms. The van der Waals surface area contributed by atoms with Crippen molar-refractivity contribution in [2.24, 2.45) is 0 Å². The van der Waals surface area contributed by atoms with Crippen LogP contribution in [0.25, 0.3) is 5.69 Å². The molecular formula is C18H17ClN6O3S. The maximum Gasteiger partial charge on any atom is 0.271 e. The third-order valence-corrected chi connectivity index (χ3v) is 4.91. The monoisotopic (exact) mass is 432 g/mol. The van der Waals surface area contributed by atoms with Gasteiger partial charge in [-0.2, -0.15) is 0 Å². The quantitative estimate of drug-likeness (QED) is 0.231. The van der Waals surface area contributed by atoms with E-state index in [2.05, 4.69) is 20.7 Å². The van der Waals surface area contributed by atoms with Crippen molar-refractivity contribution in [1.82, 2.24) is 20.1 Å². The van der Waals surface area contributed by atoms with E-state index in [1.165, 1.54) is 30.0 Å². The number of hydrogen-bond acceptors (Lipinski definition) is 7. The van der Waals surface area contributed by atoms with Crippen LogP contribution in [0.15, 0.2) is 60.0 Å². The van der Waals surface area contributed by atoms with Gasteiger partial charge in [-0.1, -0.05) is 41.6 Å². The molecular weight excluding hydrogens is 416 g/mol. The molecule has 11 heteroatoms. The molecule has 0 saturated carbocycles. The summed E-state index contributed by atoms with van der Waals surface area (Å²) in [5.41, 5.74) is 1.39. The third-order valence-electron chi connectivity index (χ3n) is 3.75. The second kappa shape index (κ2) is 9.89. The fraction of sp³-hybridized carbons (Fsp3) is 0.167. The molecule has 0 aliphatic rings. The predicted octanol–water partition coefficient (Wildman–Crippen LogP) is 3.15. The minimum atomic E-state index is -0.509. The van der Waals surface area contributed by atoms with E-state index >= 15 is 0 Å². The van der Waals surface area contributed by atoms with Crippen LogP contribution in [0.2, 0.25) is 5.02 Å². The number of anilines is 1. The lowest BCUT2D eigenvalue weighted by molar-refractivity contribution is -0.384. The van der Waals surface area contributed by atoms with Crippen molar-refractivity contribution >= 4 is 40.6 Å². The highest BCUT2D eigenvalue weighted by molar-refractivity contribution is 7.99. The van der Waals surface area contributed by atoms with Crippen LogP contribution in [-0.4, -0.2) is 44.4 Å². The lowest BCUT2D eigenvalue weighted by Crippen LogP contribution is -2.30. The molecule has 2 N–H and O–H groups in total. The number of rotatable bonds is 9. The van der Waals surface area contributed by atoms with E-state index in [4.69, 9.17) is 11.6 Å². The molecule has 9 nitrogen and oxygen atoms in total. The maximum atomic E-state index is 12.0. The molecule has 3 aromatic rings. The Bertz CT molecular complexity index is 998. The van der Waals surface area contributed by atoms with Gasteiger partial charge in [-0.05, 0) is 18.2 Å². The highest BCUT2D eigenvalue weighted by Gasteiger charge is 2.10. The van der Waals surface area contributed by atoms with Crippen molar-refractivity contribution in [3.63, 3.8) is 0 Å². The first kappa shape index (κ1) is 20.6. The SMILES string of the molecule is O=C(CSc1ncn(-c2ccccc2)n1)NCCNc1ccc([N+](=O)[O-])cc1Cl. The van der Waals surface area contributed by atoms with Crippen molar-refractivity contribution in [3.8, 4) is 5.69 Å². The standard InChI is InChI=1S/C18H17ClN6O3S/c19-15-10-14(25(27)28)6-7-16(15)20-8-9-21-17(26)11-29-18-22-12-24(23-18)13-4-2-1-3-5-13/h1-7,10,12,20H,8-9,11H2,(H,21,26). The zero-order chi connectivity index (χ0) is 20.6. The van der Waals surface area contributed by atoms with Gasteiger partial charge in [-0.25, -0.2) is 9.67 Å². The summed E-state index contributed by atoms with van der Waals surface area (Å²) < 4.78 is 1.65. The Labute approximate surface area is 175 Å². The Morgan fingerprint density at radius 2 is 2.00 bits per heavy atom. The second-order valence-electron chi connectivity index (χ2n) is 5.79. The van der Waals surface area contributed by atoms with Crippen molar-refractivity contribution in [2.45, 2.75) is 5.16 Å². The molecule has 150 valence electrons. The number of nitro benzene ring substituents is 1. The van der Waals surface area contributed by atoms with E-state index in [1.54, 1.807) is 11.0 Å². The van der Waals surface area contributed by atoms with Crippen LogP contribution in [0, 0.1) is 10.1 Å². The maximum absolute atomic E-state index is 12.0. The molecule has 0 atom stereocenters. The van der Waals surface area contributed by atoms with Crippen molar-refractivity contribution in [2.75, 3.05) is 24.2 Å². The molecule has 0 bridgehead atoms. The number of benzene rings is 2. The fourth-order valence-corrected chi connectivity index (χ4v) is 3.23. The number of halogens is 1. The first-order valence-corrected chi connectivity index (χ1v) is 9.93. The Morgan fingerprint density at radius 3 is 2.72 bits per heavy atom. The van der Waals surface area contributed by atoms with Crippen molar-refractivity contribution in [1.29, 1.82) is 0 Å². The molecule has 1 heterocycles.